The Morgan fingerprint density at radius 1 is 1.36 bits per heavy atom. The standard InChI is InChI=1S/C17H21N5/c1-17(8-16-10-20-13-21-16)12-19-6-7-22(17)11-15-4-2-14(9-18)3-5-15/h2-5,10,13,19H,6-8,11-12H2,1H3,(H,20,21). The van der Waals surface area contributed by atoms with Crippen LogP contribution in [0.25, 0.3) is 0 Å². The van der Waals surface area contributed by atoms with E-state index in [2.05, 4.69) is 45.3 Å². The van der Waals surface area contributed by atoms with Crippen molar-refractivity contribution in [1.29, 1.82) is 5.26 Å². The van der Waals surface area contributed by atoms with Gasteiger partial charge < -0.3 is 10.3 Å². The van der Waals surface area contributed by atoms with Crippen LogP contribution in [-0.2, 0) is 13.0 Å². The number of rotatable bonds is 4. The van der Waals surface area contributed by atoms with Gasteiger partial charge in [0.05, 0.1) is 18.0 Å². The van der Waals surface area contributed by atoms with Gasteiger partial charge in [0.15, 0.2) is 0 Å². The molecule has 0 radical (unpaired) electrons. The van der Waals surface area contributed by atoms with Crippen molar-refractivity contribution in [3.05, 3.63) is 53.6 Å². The van der Waals surface area contributed by atoms with Crippen LogP contribution in [0.15, 0.2) is 36.8 Å². The lowest BCUT2D eigenvalue weighted by atomic mass is 9.91. The van der Waals surface area contributed by atoms with Crippen LogP contribution in [0.2, 0.25) is 0 Å². The molecule has 1 fully saturated rings. The minimum absolute atomic E-state index is 0.0542. The lowest BCUT2D eigenvalue weighted by Crippen LogP contribution is -2.60. The Bertz CT molecular complexity index is 641. The zero-order chi connectivity index (χ0) is 15.4. The Morgan fingerprint density at radius 2 is 2.18 bits per heavy atom. The third-order valence-electron chi connectivity index (χ3n) is 4.41. The van der Waals surface area contributed by atoms with Crippen LogP contribution < -0.4 is 5.32 Å². The van der Waals surface area contributed by atoms with Gasteiger partial charge in [0, 0.05) is 50.0 Å². The number of aromatic nitrogens is 2. The summed E-state index contributed by atoms with van der Waals surface area (Å²) in [6, 6.07) is 10.1. The molecule has 3 rings (SSSR count). The molecule has 0 aliphatic carbocycles. The Kier molecular flexibility index (Phi) is 4.23. The number of imidazole rings is 1. The summed E-state index contributed by atoms with van der Waals surface area (Å²) >= 11 is 0. The normalized spacial score (nSPS) is 22.4. The molecule has 2 N–H and O–H groups in total. The fourth-order valence-corrected chi connectivity index (χ4v) is 3.09. The highest BCUT2D eigenvalue weighted by atomic mass is 15.3. The summed E-state index contributed by atoms with van der Waals surface area (Å²) in [5.41, 5.74) is 3.18. The molecule has 0 saturated carbocycles. The number of nitriles is 1. The number of nitrogens with zero attached hydrogens (tertiary/aromatic N) is 3. The number of H-pyrrole nitrogens is 1. The maximum Gasteiger partial charge on any atom is 0.0991 e. The largest absolute Gasteiger partial charge is 0.348 e. The summed E-state index contributed by atoms with van der Waals surface area (Å²) in [4.78, 5) is 9.85. The molecule has 1 aromatic heterocycles. The molecule has 114 valence electrons. The SMILES string of the molecule is CC1(Cc2cnc[nH]2)CNCCN1Cc1ccc(C#N)cc1. The van der Waals surface area contributed by atoms with E-state index in [1.165, 1.54) is 5.56 Å². The van der Waals surface area contributed by atoms with E-state index in [9.17, 15) is 0 Å². The average molecular weight is 295 g/mol. The molecule has 1 aliphatic heterocycles. The van der Waals surface area contributed by atoms with Crippen LogP contribution in [0.5, 0.6) is 0 Å². The van der Waals surface area contributed by atoms with Crippen molar-refractivity contribution >= 4 is 0 Å². The first-order chi connectivity index (χ1) is 10.7. The summed E-state index contributed by atoms with van der Waals surface area (Å²) in [6.07, 6.45) is 4.58. The molecule has 1 aliphatic rings. The Labute approximate surface area is 131 Å². The zero-order valence-electron chi connectivity index (χ0n) is 12.8. The van der Waals surface area contributed by atoms with Crippen LogP contribution in [0.1, 0.15) is 23.7 Å². The second-order valence-electron chi connectivity index (χ2n) is 6.16. The maximum atomic E-state index is 8.90. The third-order valence-corrected chi connectivity index (χ3v) is 4.41. The minimum atomic E-state index is 0.0542. The first-order valence-corrected chi connectivity index (χ1v) is 7.62. The monoisotopic (exact) mass is 295 g/mol. The molecular weight excluding hydrogens is 274 g/mol. The van der Waals surface area contributed by atoms with Crippen molar-refractivity contribution in [2.75, 3.05) is 19.6 Å². The van der Waals surface area contributed by atoms with Gasteiger partial charge in [-0.2, -0.15) is 5.26 Å². The van der Waals surface area contributed by atoms with Gasteiger partial charge in [-0.15, -0.1) is 0 Å². The van der Waals surface area contributed by atoms with Crippen molar-refractivity contribution < 1.29 is 0 Å². The second-order valence-corrected chi connectivity index (χ2v) is 6.16. The Balaban J connectivity index is 1.75. The van der Waals surface area contributed by atoms with Crippen LogP contribution in [0.3, 0.4) is 0 Å². The highest BCUT2D eigenvalue weighted by molar-refractivity contribution is 5.31. The van der Waals surface area contributed by atoms with E-state index in [1.54, 1.807) is 6.33 Å². The van der Waals surface area contributed by atoms with Gasteiger partial charge in [0.1, 0.15) is 0 Å². The number of piperazine rings is 1. The van der Waals surface area contributed by atoms with E-state index < -0.39 is 0 Å². The van der Waals surface area contributed by atoms with Crippen molar-refractivity contribution in [3.63, 3.8) is 0 Å². The van der Waals surface area contributed by atoms with E-state index in [1.807, 2.05) is 18.3 Å². The van der Waals surface area contributed by atoms with Gasteiger partial charge in [-0.05, 0) is 24.6 Å². The van der Waals surface area contributed by atoms with Crippen molar-refractivity contribution in [2.45, 2.75) is 25.4 Å². The number of nitrogens with one attached hydrogen (secondary N) is 2. The number of hydrogen-bond acceptors (Lipinski definition) is 4. The van der Waals surface area contributed by atoms with Crippen LogP contribution in [0, 0.1) is 11.3 Å². The summed E-state index contributed by atoms with van der Waals surface area (Å²) in [7, 11) is 0. The number of benzene rings is 1. The topological polar surface area (TPSA) is 67.7 Å². The predicted octanol–water partition coefficient (Wildman–Crippen LogP) is 1.69. The third kappa shape index (κ3) is 3.19. The predicted molar refractivity (Wildman–Crippen MR) is 85.1 cm³/mol. The maximum absolute atomic E-state index is 8.90. The number of hydrogen-bond donors (Lipinski definition) is 2. The van der Waals surface area contributed by atoms with Gasteiger partial charge in [0.2, 0.25) is 0 Å². The lowest BCUT2D eigenvalue weighted by Gasteiger charge is -2.45. The van der Waals surface area contributed by atoms with E-state index in [0.29, 0.717) is 5.56 Å². The van der Waals surface area contributed by atoms with Gasteiger partial charge in [0.25, 0.3) is 0 Å². The fraction of sp³-hybridized carbons (Fsp3) is 0.412. The average Bonchev–Trinajstić information content (AvgIpc) is 3.03. The van der Waals surface area contributed by atoms with Crippen molar-refractivity contribution in [1.82, 2.24) is 20.2 Å². The highest BCUT2D eigenvalue weighted by Gasteiger charge is 2.34. The molecule has 22 heavy (non-hydrogen) atoms. The van der Waals surface area contributed by atoms with Crippen LogP contribution >= 0.6 is 0 Å². The number of aromatic amines is 1. The summed E-state index contributed by atoms with van der Waals surface area (Å²) < 4.78 is 0. The molecule has 5 heteroatoms. The van der Waals surface area contributed by atoms with Crippen LogP contribution in [-0.4, -0.2) is 40.0 Å². The van der Waals surface area contributed by atoms with Crippen LogP contribution in [0.4, 0.5) is 0 Å². The molecule has 2 aromatic rings. The molecule has 1 aromatic carbocycles. The first kappa shape index (κ1) is 14.8. The molecule has 0 amide bonds. The molecule has 0 bridgehead atoms. The summed E-state index contributed by atoms with van der Waals surface area (Å²) in [5.74, 6) is 0. The van der Waals surface area contributed by atoms with Gasteiger partial charge >= 0.3 is 0 Å². The molecule has 1 unspecified atom stereocenters. The van der Waals surface area contributed by atoms with Crippen molar-refractivity contribution in [2.24, 2.45) is 0 Å². The van der Waals surface area contributed by atoms with E-state index in [4.69, 9.17) is 5.26 Å². The lowest BCUT2D eigenvalue weighted by molar-refractivity contribution is 0.0664. The quantitative estimate of drug-likeness (QED) is 0.900. The van der Waals surface area contributed by atoms with E-state index in [-0.39, 0.29) is 5.54 Å². The Morgan fingerprint density at radius 3 is 2.86 bits per heavy atom. The van der Waals surface area contributed by atoms with Gasteiger partial charge in [-0.25, -0.2) is 4.98 Å². The smallest absolute Gasteiger partial charge is 0.0991 e. The van der Waals surface area contributed by atoms with E-state index in [0.717, 1.165) is 38.3 Å². The van der Waals surface area contributed by atoms with Gasteiger partial charge in [-0.3, -0.25) is 4.90 Å². The molecule has 2 heterocycles. The molecule has 5 nitrogen and oxygen atoms in total. The zero-order valence-corrected chi connectivity index (χ0v) is 12.8. The van der Waals surface area contributed by atoms with Gasteiger partial charge in [-0.1, -0.05) is 12.1 Å². The molecule has 1 atom stereocenters. The second kappa shape index (κ2) is 6.30. The molecular formula is C17H21N5. The Hall–Kier alpha value is -2.16. The molecule has 1 saturated heterocycles. The first-order valence-electron chi connectivity index (χ1n) is 7.62. The fourth-order valence-electron chi connectivity index (χ4n) is 3.09. The molecule has 0 spiro atoms. The van der Waals surface area contributed by atoms with Crippen molar-refractivity contribution in [3.8, 4) is 6.07 Å². The minimum Gasteiger partial charge on any atom is -0.348 e. The summed E-state index contributed by atoms with van der Waals surface area (Å²) in [5, 5.41) is 12.4. The summed E-state index contributed by atoms with van der Waals surface area (Å²) in [6.45, 7) is 6.18. The highest BCUT2D eigenvalue weighted by Crippen LogP contribution is 2.24. The van der Waals surface area contributed by atoms with E-state index >= 15 is 0 Å².